The highest BCUT2D eigenvalue weighted by Gasteiger charge is 2.14. The molecule has 1 unspecified atom stereocenters. The molecule has 15 heavy (non-hydrogen) atoms. The van der Waals surface area contributed by atoms with Gasteiger partial charge in [0.15, 0.2) is 11.6 Å². The van der Waals surface area contributed by atoms with Gasteiger partial charge in [-0.2, -0.15) is 0 Å². The molecule has 2 N–H and O–H groups in total. The predicted octanol–water partition coefficient (Wildman–Crippen LogP) is 1.59. The first-order valence-corrected chi connectivity index (χ1v) is 6.76. The SMILES string of the molecule is CONS[PH2+]OC(=O)c1ccccc1O. The van der Waals surface area contributed by atoms with Gasteiger partial charge in [0.25, 0.3) is 0 Å². The van der Waals surface area contributed by atoms with Crippen LogP contribution < -0.4 is 4.89 Å². The zero-order valence-corrected chi connectivity index (χ0v) is 9.94. The molecule has 0 heterocycles. The Bertz CT molecular complexity index is 336. The number of phenolic OH excluding ortho intramolecular Hbond substituents is 1. The highest BCUT2D eigenvalue weighted by atomic mass is 32.7. The molecule has 0 aliphatic heterocycles. The molecule has 0 amide bonds. The molecule has 0 fully saturated rings. The molecule has 1 aromatic carbocycles. The standard InChI is InChI=1S/C8H10NO4PS/c1-12-9-15-14-13-8(11)6-4-2-3-5-7(6)10/h2-5,9-10,14H,1H3/p+1. The van der Waals surface area contributed by atoms with Gasteiger partial charge in [-0.05, 0) is 12.1 Å². The number of aromatic hydroxyl groups is 1. The van der Waals surface area contributed by atoms with E-state index in [4.69, 9.17) is 4.52 Å². The quantitative estimate of drug-likeness (QED) is 0.357. The lowest BCUT2D eigenvalue weighted by atomic mass is 10.2. The number of carbonyl (C=O) groups excluding carboxylic acids is 1. The molecule has 1 atom stereocenters. The molecule has 82 valence electrons. The first kappa shape index (κ1) is 12.3. The number of rotatable bonds is 5. The Kier molecular flexibility index (Phi) is 5.42. The van der Waals surface area contributed by atoms with Gasteiger partial charge in [-0.1, -0.05) is 12.1 Å². The summed E-state index contributed by atoms with van der Waals surface area (Å²) in [4.78, 5) is 18.4. The normalized spacial score (nSPS) is 10.7. The number of nitrogens with one attached hydrogen (secondary N) is 1. The van der Waals surface area contributed by atoms with Crippen LogP contribution in [0.3, 0.4) is 0 Å². The van der Waals surface area contributed by atoms with Gasteiger partial charge in [0.1, 0.15) is 11.3 Å². The van der Waals surface area contributed by atoms with Crippen LogP contribution in [0.2, 0.25) is 0 Å². The van der Waals surface area contributed by atoms with Crippen LogP contribution in [0.1, 0.15) is 10.4 Å². The monoisotopic (exact) mass is 248 g/mol. The van der Waals surface area contributed by atoms with E-state index in [1.807, 2.05) is 0 Å². The maximum Gasteiger partial charge on any atom is 0.385 e. The molecule has 0 spiro atoms. The second kappa shape index (κ2) is 6.63. The third-order valence-corrected chi connectivity index (χ3v) is 2.99. The molecule has 0 aliphatic rings. The van der Waals surface area contributed by atoms with E-state index < -0.39 is 14.0 Å². The molecule has 0 saturated carbocycles. The maximum atomic E-state index is 11.4. The van der Waals surface area contributed by atoms with Crippen molar-refractivity contribution in [2.24, 2.45) is 0 Å². The van der Waals surface area contributed by atoms with Gasteiger partial charge < -0.3 is 5.11 Å². The average Bonchev–Trinajstić information content (AvgIpc) is 2.25. The van der Waals surface area contributed by atoms with Crippen molar-refractivity contribution < 1.29 is 19.3 Å². The van der Waals surface area contributed by atoms with E-state index in [-0.39, 0.29) is 11.3 Å². The van der Waals surface area contributed by atoms with E-state index in [2.05, 4.69) is 9.72 Å². The molecular weight excluding hydrogens is 237 g/mol. The molecule has 0 aromatic heterocycles. The molecule has 1 rings (SSSR count). The third kappa shape index (κ3) is 4.05. The summed E-state index contributed by atoms with van der Waals surface area (Å²) in [5, 5.41) is 9.34. The van der Waals surface area contributed by atoms with Crippen LogP contribution in [-0.2, 0) is 9.36 Å². The van der Waals surface area contributed by atoms with Crippen molar-refractivity contribution in [3.05, 3.63) is 29.8 Å². The van der Waals surface area contributed by atoms with E-state index in [1.54, 1.807) is 12.1 Å². The van der Waals surface area contributed by atoms with Crippen LogP contribution in [0.25, 0.3) is 0 Å². The fourth-order valence-corrected chi connectivity index (χ4v) is 2.06. The molecule has 0 bridgehead atoms. The zero-order chi connectivity index (χ0) is 11.1. The molecule has 1 aromatic rings. The van der Waals surface area contributed by atoms with E-state index in [0.29, 0.717) is 0 Å². The highest BCUT2D eigenvalue weighted by Crippen LogP contribution is 2.29. The number of hydrogen-bond donors (Lipinski definition) is 2. The zero-order valence-electron chi connectivity index (χ0n) is 7.97. The summed E-state index contributed by atoms with van der Waals surface area (Å²) in [5.74, 6) is -0.611. The van der Waals surface area contributed by atoms with Gasteiger partial charge in [0.05, 0.1) is 7.11 Å². The van der Waals surface area contributed by atoms with E-state index in [1.165, 1.54) is 30.8 Å². The molecule has 0 radical (unpaired) electrons. The number of benzene rings is 1. The molecular formula is C8H11NO4PS+. The van der Waals surface area contributed by atoms with Gasteiger partial charge >= 0.3 is 5.97 Å². The van der Waals surface area contributed by atoms with Gasteiger partial charge in [-0.25, -0.2) is 4.79 Å². The number of hydrogen-bond acceptors (Lipinski definition) is 6. The minimum atomic E-state index is -0.613. The van der Waals surface area contributed by atoms with Gasteiger partial charge in [-0.3, -0.25) is 9.36 Å². The summed E-state index contributed by atoms with van der Waals surface area (Å²) < 4.78 is 4.92. The molecule has 5 nitrogen and oxygen atoms in total. The summed E-state index contributed by atoms with van der Waals surface area (Å²) in [5.41, 5.74) is 0.169. The Balaban J connectivity index is 2.44. The molecule has 0 saturated heterocycles. The van der Waals surface area contributed by atoms with Gasteiger partial charge in [-0.15, -0.1) is 4.89 Å². The highest BCUT2D eigenvalue weighted by molar-refractivity contribution is 8.47. The van der Waals surface area contributed by atoms with Crippen LogP contribution in [0, 0.1) is 0 Å². The fraction of sp³-hybridized carbons (Fsp3) is 0.125. The lowest BCUT2D eigenvalue weighted by Crippen LogP contribution is -2.00. The lowest BCUT2D eigenvalue weighted by Gasteiger charge is -1.99. The average molecular weight is 248 g/mol. The van der Waals surface area contributed by atoms with Crippen LogP contribution in [-0.4, -0.2) is 18.2 Å². The first-order valence-electron chi connectivity index (χ1n) is 4.00. The third-order valence-electron chi connectivity index (χ3n) is 1.46. The largest absolute Gasteiger partial charge is 0.507 e. The van der Waals surface area contributed by atoms with Crippen molar-refractivity contribution in [1.29, 1.82) is 0 Å². The fourth-order valence-electron chi connectivity index (χ4n) is 0.845. The Hall–Kier alpha value is -0.810. The van der Waals surface area contributed by atoms with Gasteiger partial charge in [0.2, 0.25) is 8.01 Å². The van der Waals surface area contributed by atoms with Crippen LogP contribution in [0.5, 0.6) is 5.75 Å². The van der Waals surface area contributed by atoms with Crippen LogP contribution in [0.4, 0.5) is 0 Å². The summed E-state index contributed by atoms with van der Waals surface area (Å²) in [6.07, 6.45) is 0. The van der Waals surface area contributed by atoms with Crippen molar-refractivity contribution in [1.82, 2.24) is 4.89 Å². The summed E-state index contributed by atoms with van der Waals surface area (Å²) in [6, 6.07) is 6.24. The predicted molar refractivity (Wildman–Crippen MR) is 61.0 cm³/mol. The van der Waals surface area contributed by atoms with Crippen molar-refractivity contribution in [3.63, 3.8) is 0 Å². The van der Waals surface area contributed by atoms with Crippen molar-refractivity contribution >= 4 is 25.5 Å². The summed E-state index contributed by atoms with van der Waals surface area (Å²) in [6.45, 7) is 0. The second-order valence-electron chi connectivity index (χ2n) is 2.42. The molecule has 7 heteroatoms. The topological polar surface area (TPSA) is 67.8 Å². The number of para-hydroxylation sites is 1. The summed E-state index contributed by atoms with van der Waals surface area (Å²) >= 11 is 1.17. The minimum absolute atomic E-state index is 0.0772. The first-order chi connectivity index (χ1) is 7.25. The Morgan fingerprint density at radius 2 is 2.27 bits per heavy atom. The molecule has 0 aliphatic carbocycles. The van der Waals surface area contributed by atoms with Crippen molar-refractivity contribution in [2.75, 3.05) is 7.11 Å². The Morgan fingerprint density at radius 3 is 2.93 bits per heavy atom. The van der Waals surface area contributed by atoms with Crippen LogP contribution in [0.15, 0.2) is 24.3 Å². The second-order valence-corrected chi connectivity index (χ2v) is 4.54. The minimum Gasteiger partial charge on any atom is -0.507 e. The summed E-state index contributed by atoms with van der Waals surface area (Å²) in [7, 11) is 0.857. The Morgan fingerprint density at radius 1 is 1.53 bits per heavy atom. The Labute approximate surface area is 92.9 Å². The van der Waals surface area contributed by atoms with E-state index >= 15 is 0 Å². The van der Waals surface area contributed by atoms with E-state index in [9.17, 15) is 9.90 Å². The lowest BCUT2D eigenvalue weighted by molar-refractivity contribution is 0.0760. The number of carbonyl (C=O) groups is 1. The number of phenols is 1. The van der Waals surface area contributed by atoms with Crippen molar-refractivity contribution in [2.45, 2.75) is 0 Å². The van der Waals surface area contributed by atoms with Crippen molar-refractivity contribution in [3.8, 4) is 5.75 Å². The van der Waals surface area contributed by atoms with E-state index in [0.717, 1.165) is 0 Å². The van der Waals surface area contributed by atoms with Gasteiger partial charge in [0, 0.05) is 0 Å². The smallest absolute Gasteiger partial charge is 0.385 e. The maximum absolute atomic E-state index is 11.4. The van der Waals surface area contributed by atoms with Crippen LogP contribution >= 0.6 is 19.6 Å².